The van der Waals surface area contributed by atoms with Crippen molar-refractivity contribution in [2.45, 2.75) is 26.4 Å². The largest absolute Gasteiger partial charge is 0.506 e. The summed E-state index contributed by atoms with van der Waals surface area (Å²) in [6, 6.07) is 14.8. The summed E-state index contributed by atoms with van der Waals surface area (Å²) < 4.78 is 1.91. The second-order valence-corrected chi connectivity index (χ2v) is 8.13. The van der Waals surface area contributed by atoms with Gasteiger partial charge in [-0.1, -0.05) is 50.2 Å². The molecule has 1 aliphatic heterocycles. The van der Waals surface area contributed by atoms with E-state index in [4.69, 9.17) is 4.98 Å². The molecule has 2 aromatic carbocycles. The normalized spacial score (nSPS) is 16.0. The quantitative estimate of drug-likeness (QED) is 0.548. The summed E-state index contributed by atoms with van der Waals surface area (Å²) in [5.74, 6) is 1.35. The monoisotopic (exact) mass is 413 g/mol. The molecular formula is C24H23N5O2. The van der Waals surface area contributed by atoms with E-state index in [1.165, 1.54) is 0 Å². The number of fused-ring (bicyclic) bond motifs is 2. The fourth-order valence-corrected chi connectivity index (χ4v) is 4.29. The summed E-state index contributed by atoms with van der Waals surface area (Å²) in [4.78, 5) is 24.3. The molecule has 7 nitrogen and oxygen atoms in total. The van der Waals surface area contributed by atoms with Gasteiger partial charge in [-0.2, -0.15) is 5.10 Å². The zero-order chi connectivity index (χ0) is 21.5. The number of aromatic nitrogens is 4. The zero-order valence-electron chi connectivity index (χ0n) is 17.4. The molecule has 31 heavy (non-hydrogen) atoms. The van der Waals surface area contributed by atoms with Crippen molar-refractivity contribution in [2.24, 2.45) is 5.92 Å². The van der Waals surface area contributed by atoms with E-state index in [2.05, 4.69) is 23.9 Å². The van der Waals surface area contributed by atoms with Gasteiger partial charge in [0.1, 0.15) is 5.75 Å². The van der Waals surface area contributed by atoms with Crippen molar-refractivity contribution in [3.63, 3.8) is 0 Å². The highest BCUT2D eigenvalue weighted by Crippen LogP contribution is 2.36. The van der Waals surface area contributed by atoms with E-state index in [0.29, 0.717) is 29.9 Å². The standard InChI is InChI=1S/C24H23N5O2/c1-15(2)20-23-26-22(16-6-4-3-5-7-16)27-29(23)13-12-28(20)24(31)19-9-8-17-14-25-11-10-18(17)21(19)30/h3-11,14-15,20,30H,12-13H2,1-2H3/t20-/m0/s1. The van der Waals surface area contributed by atoms with Crippen LogP contribution < -0.4 is 0 Å². The number of aromatic hydroxyl groups is 1. The Morgan fingerprint density at radius 3 is 2.68 bits per heavy atom. The molecule has 0 radical (unpaired) electrons. The second kappa shape index (κ2) is 7.50. The third-order valence-corrected chi connectivity index (χ3v) is 5.80. The van der Waals surface area contributed by atoms with Crippen LogP contribution >= 0.6 is 0 Å². The van der Waals surface area contributed by atoms with E-state index in [1.807, 2.05) is 46.0 Å². The summed E-state index contributed by atoms with van der Waals surface area (Å²) in [7, 11) is 0. The second-order valence-electron chi connectivity index (χ2n) is 8.13. The Morgan fingerprint density at radius 1 is 1.10 bits per heavy atom. The summed E-state index contributed by atoms with van der Waals surface area (Å²) in [5.41, 5.74) is 1.24. The number of pyridine rings is 1. The molecule has 0 unspecified atom stereocenters. The van der Waals surface area contributed by atoms with Gasteiger partial charge >= 0.3 is 0 Å². The van der Waals surface area contributed by atoms with Gasteiger partial charge in [0.2, 0.25) is 0 Å². The van der Waals surface area contributed by atoms with Gasteiger partial charge < -0.3 is 10.0 Å². The number of phenolic OH excluding ortho intramolecular Hbond substituents is 1. The molecule has 7 heteroatoms. The van der Waals surface area contributed by atoms with Crippen LogP contribution in [0.2, 0.25) is 0 Å². The number of amides is 1. The highest BCUT2D eigenvalue weighted by atomic mass is 16.3. The fourth-order valence-electron chi connectivity index (χ4n) is 4.29. The number of phenols is 1. The molecule has 0 saturated carbocycles. The van der Waals surface area contributed by atoms with Gasteiger partial charge in [0.25, 0.3) is 5.91 Å². The average Bonchev–Trinajstić information content (AvgIpc) is 3.23. The summed E-state index contributed by atoms with van der Waals surface area (Å²) >= 11 is 0. The van der Waals surface area contributed by atoms with Crippen LogP contribution in [0.25, 0.3) is 22.2 Å². The number of benzene rings is 2. The molecule has 0 spiro atoms. The third kappa shape index (κ3) is 3.22. The molecule has 1 aliphatic rings. The first-order valence-corrected chi connectivity index (χ1v) is 10.4. The van der Waals surface area contributed by atoms with Crippen LogP contribution in [-0.4, -0.2) is 42.2 Å². The van der Waals surface area contributed by atoms with Crippen LogP contribution in [0.15, 0.2) is 60.9 Å². The highest BCUT2D eigenvalue weighted by molar-refractivity contribution is 6.03. The molecule has 0 aliphatic carbocycles. The van der Waals surface area contributed by atoms with Crippen molar-refractivity contribution < 1.29 is 9.90 Å². The minimum Gasteiger partial charge on any atom is -0.506 e. The molecule has 1 amide bonds. The molecule has 156 valence electrons. The lowest BCUT2D eigenvalue weighted by atomic mass is 9.98. The average molecular weight is 413 g/mol. The summed E-state index contributed by atoms with van der Waals surface area (Å²) in [5, 5.41) is 16.9. The summed E-state index contributed by atoms with van der Waals surface area (Å²) in [6.45, 7) is 5.20. The van der Waals surface area contributed by atoms with E-state index in [1.54, 1.807) is 24.5 Å². The van der Waals surface area contributed by atoms with Crippen LogP contribution in [0.1, 0.15) is 36.1 Å². The van der Waals surface area contributed by atoms with Crippen LogP contribution in [0, 0.1) is 5.92 Å². The lowest BCUT2D eigenvalue weighted by Gasteiger charge is -2.37. The predicted molar refractivity (Wildman–Crippen MR) is 117 cm³/mol. The van der Waals surface area contributed by atoms with Gasteiger partial charge in [-0.05, 0) is 18.1 Å². The van der Waals surface area contributed by atoms with Crippen LogP contribution in [0.5, 0.6) is 5.75 Å². The SMILES string of the molecule is CC(C)[C@H]1c2nc(-c3ccccc3)nn2CCN1C(=O)c1ccc2cnccc2c1O. The minimum atomic E-state index is -0.237. The van der Waals surface area contributed by atoms with E-state index < -0.39 is 0 Å². The molecule has 4 aromatic rings. The first kappa shape index (κ1) is 19.2. The van der Waals surface area contributed by atoms with Crippen LogP contribution in [0.3, 0.4) is 0 Å². The highest BCUT2D eigenvalue weighted by Gasteiger charge is 2.37. The first-order valence-electron chi connectivity index (χ1n) is 10.4. The molecule has 0 fully saturated rings. The van der Waals surface area contributed by atoms with Crippen molar-refractivity contribution in [1.82, 2.24) is 24.6 Å². The maximum absolute atomic E-state index is 13.6. The smallest absolute Gasteiger partial charge is 0.258 e. The molecule has 3 heterocycles. The number of hydrogen-bond donors (Lipinski definition) is 1. The van der Waals surface area contributed by atoms with Gasteiger partial charge in [-0.3, -0.25) is 9.78 Å². The van der Waals surface area contributed by atoms with Crippen molar-refractivity contribution in [3.8, 4) is 17.1 Å². The minimum absolute atomic E-state index is 0.00980. The van der Waals surface area contributed by atoms with E-state index in [9.17, 15) is 9.90 Å². The van der Waals surface area contributed by atoms with Crippen LogP contribution in [0.4, 0.5) is 0 Å². The molecule has 2 aromatic heterocycles. The Labute approximate surface area is 180 Å². The van der Waals surface area contributed by atoms with Gasteiger partial charge in [-0.25, -0.2) is 9.67 Å². The lowest BCUT2D eigenvalue weighted by Crippen LogP contribution is -2.44. The Bertz CT molecular complexity index is 1270. The Hall–Kier alpha value is -3.74. The predicted octanol–water partition coefficient (Wildman–Crippen LogP) is 4.05. The number of hydrogen-bond acceptors (Lipinski definition) is 5. The van der Waals surface area contributed by atoms with Gasteiger partial charge in [0, 0.05) is 35.3 Å². The van der Waals surface area contributed by atoms with Gasteiger partial charge in [0.15, 0.2) is 11.6 Å². The molecule has 0 saturated heterocycles. The Morgan fingerprint density at radius 2 is 1.90 bits per heavy atom. The van der Waals surface area contributed by atoms with Crippen molar-refractivity contribution in [3.05, 3.63) is 72.3 Å². The van der Waals surface area contributed by atoms with E-state index in [0.717, 1.165) is 16.8 Å². The zero-order valence-corrected chi connectivity index (χ0v) is 17.4. The van der Waals surface area contributed by atoms with Gasteiger partial charge in [-0.15, -0.1) is 0 Å². The number of nitrogens with zero attached hydrogens (tertiary/aromatic N) is 5. The number of carbonyl (C=O) groups is 1. The maximum atomic E-state index is 13.6. The lowest BCUT2D eigenvalue weighted by molar-refractivity contribution is 0.0534. The van der Waals surface area contributed by atoms with Gasteiger partial charge in [0.05, 0.1) is 18.2 Å². The van der Waals surface area contributed by atoms with Crippen LogP contribution in [-0.2, 0) is 6.54 Å². The third-order valence-electron chi connectivity index (χ3n) is 5.80. The molecular weight excluding hydrogens is 390 g/mol. The molecule has 1 atom stereocenters. The molecule has 1 N–H and O–H groups in total. The number of rotatable bonds is 3. The Balaban J connectivity index is 1.54. The number of carbonyl (C=O) groups excluding carboxylic acids is 1. The Kier molecular flexibility index (Phi) is 4.66. The van der Waals surface area contributed by atoms with E-state index >= 15 is 0 Å². The van der Waals surface area contributed by atoms with Crippen molar-refractivity contribution >= 4 is 16.7 Å². The fraction of sp³-hybridized carbons (Fsp3) is 0.250. The molecule has 0 bridgehead atoms. The molecule has 5 rings (SSSR count). The maximum Gasteiger partial charge on any atom is 0.258 e. The van der Waals surface area contributed by atoms with Crippen molar-refractivity contribution in [1.29, 1.82) is 0 Å². The van der Waals surface area contributed by atoms with E-state index in [-0.39, 0.29) is 23.6 Å². The first-order chi connectivity index (χ1) is 15.0. The topological polar surface area (TPSA) is 84.1 Å². The summed E-state index contributed by atoms with van der Waals surface area (Å²) in [6.07, 6.45) is 3.29. The van der Waals surface area contributed by atoms with Crippen molar-refractivity contribution in [2.75, 3.05) is 6.54 Å².